The molecule has 0 aliphatic carbocycles. The smallest absolute Gasteiger partial charge is 0.251 e. The number of halogens is 1. The van der Waals surface area contributed by atoms with E-state index >= 15 is 0 Å². The lowest BCUT2D eigenvalue weighted by Gasteiger charge is -2.15. The van der Waals surface area contributed by atoms with Gasteiger partial charge in [-0.2, -0.15) is 0 Å². The van der Waals surface area contributed by atoms with Crippen LogP contribution < -0.4 is 5.32 Å². The maximum atomic E-state index is 12.1. The summed E-state index contributed by atoms with van der Waals surface area (Å²) < 4.78 is 0. The minimum atomic E-state index is 0.0267. The molecule has 0 saturated carbocycles. The van der Waals surface area contributed by atoms with Gasteiger partial charge in [-0.05, 0) is 37.3 Å². The van der Waals surface area contributed by atoms with Gasteiger partial charge in [-0.15, -0.1) is 0 Å². The van der Waals surface area contributed by atoms with Gasteiger partial charge in [0.2, 0.25) is 0 Å². The average Bonchev–Trinajstić information content (AvgIpc) is 2.25. The van der Waals surface area contributed by atoms with Crippen LogP contribution in [-0.4, -0.2) is 17.3 Å². The Hall–Kier alpha value is -0.830. The summed E-state index contributed by atoms with van der Waals surface area (Å²) in [5.74, 6) is 0.658. The Kier molecular flexibility index (Phi) is 5.86. The van der Waals surface area contributed by atoms with E-state index in [0.29, 0.717) is 17.3 Å². The summed E-state index contributed by atoms with van der Waals surface area (Å²) in [6.45, 7) is 8.98. The number of hydrogen-bond acceptors (Lipinski definition) is 1. The molecule has 0 bridgehead atoms. The molecule has 1 N–H and O–H groups in total. The SMILES string of the molecule is Cc1cccc(C)c1C(=O)NCC(Br)CC(C)C. The van der Waals surface area contributed by atoms with Crippen LogP contribution >= 0.6 is 15.9 Å². The van der Waals surface area contributed by atoms with Crippen molar-refractivity contribution < 1.29 is 4.79 Å². The zero-order valence-electron chi connectivity index (χ0n) is 11.6. The zero-order valence-corrected chi connectivity index (χ0v) is 13.2. The standard InChI is InChI=1S/C15H22BrNO/c1-10(2)8-13(16)9-17-15(18)14-11(3)6-5-7-12(14)4/h5-7,10,13H,8-9H2,1-4H3,(H,17,18). The van der Waals surface area contributed by atoms with Crippen molar-refractivity contribution in [1.82, 2.24) is 5.32 Å². The first kappa shape index (κ1) is 15.2. The minimum absolute atomic E-state index is 0.0267. The van der Waals surface area contributed by atoms with Gasteiger partial charge in [0.1, 0.15) is 0 Å². The maximum absolute atomic E-state index is 12.1. The number of carbonyl (C=O) groups is 1. The molecule has 1 aromatic rings. The second-order valence-electron chi connectivity index (χ2n) is 5.20. The van der Waals surface area contributed by atoms with E-state index in [0.717, 1.165) is 23.1 Å². The summed E-state index contributed by atoms with van der Waals surface area (Å²) in [5.41, 5.74) is 2.87. The van der Waals surface area contributed by atoms with Crippen molar-refractivity contribution in [2.45, 2.75) is 38.9 Å². The number of aryl methyl sites for hydroxylation is 2. The van der Waals surface area contributed by atoms with Gasteiger partial charge >= 0.3 is 0 Å². The lowest BCUT2D eigenvalue weighted by molar-refractivity contribution is 0.0952. The zero-order chi connectivity index (χ0) is 13.7. The summed E-state index contributed by atoms with van der Waals surface area (Å²) in [5, 5.41) is 3.00. The van der Waals surface area contributed by atoms with Crippen LogP contribution in [0, 0.1) is 19.8 Å². The van der Waals surface area contributed by atoms with Crippen LogP contribution in [0.4, 0.5) is 0 Å². The second-order valence-corrected chi connectivity index (χ2v) is 6.50. The predicted molar refractivity (Wildman–Crippen MR) is 80.4 cm³/mol. The maximum Gasteiger partial charge on any atom is 0.251 e. The largest absolute Gasteiger partial charge is 0.351 e. The van der Waals surface area contributed by atoms with Crippen molar-refractivity contribution in [3.63, 3.8) is 0 Å². The number of carbonyl (C=O) groups excluding carboxylic acids is 1. The van der Waals surface area contributed by atoms with Gasteiger partial charge < -0.3 is 5.32 Å². The second kappa shape index (κ2) is 6.93. The Bertz CT molecular complexity index is 395. The third-order valence-electron chi connectivity index (χ3n) is 2.92. The van der Waals surface area contributed by atoms with Gasteiger partial charge in [-0.1, -0.05) is 48.0 Å². The Morgan fingerprint density at radius 2 is 1.83 bits per heavy atom. The van der Waals surface area contributed by atoms with Gasteiger partial charge in [0.15, 0.2) is 0 Å². The summed E-state index contributed by atoms with van der Waals surface area (Å²) >= 11 is 3.60. The van der Waals surface area contributed by atoms with Crippen LogP contribution in [0.1, 0.15) is 41.8 Å². The quantitative estimate of drug-likeness (QED) is 0.822. The van der Waals surface area contributed by atoms with Crippen molar-refractivity contribution in [2.24, 2.45) is 5.92 Å². The topological polar surface area (TPSA) is 29.1 Å². The fraction of sp³-hybridized carbons (Fsp3) is 0.533. The van der Waals surface area contributed by atoms with E-state index < -0.39 is 0 Å². The van der Waals surface area contributed by atoms with Crippen molar-refractivity contribution in [1.29, 1.82) is 0 Å². The van der Waals surface area contributed by atoms with Crippen molar-refractivity contribution >= 4 is 21.8 Å². The number of alkyl halides is 1. The van der Waals surface area contributed by atoms with Crippen LogP contribution in [0.25, 0.3) is 0 Å². The highest BCUT2D eigenvalue weighted by atomic mass is 79.9. The Morgan fingerprint density at radius 1 is 1.28 bits per heavy atom. The molecule has 3 heteroatoms. The van der Waals surface area contributed by atoms with E-state index in [9.17, 15) is 4.79 Å². The highest BCUT2D eigenvalue weighted by Crippen LogP contribution is 2.14. The molecule has 1 unspecified atom stereocenters. The van der Waals surface area contributed by atoms with Gasteiger partial charge in [0.05, 0.1) is 0 Å². The number of nitrogens with one attached hydrogen (secondary N) is 1. The van der Waals surface area contributed by atoms with Crippen LogP contribution in [0.15, 0.2) is 18.2 Å². The number of amides is 1. The molecule has 0 radical (unpaired) electrons. The van der Waals surface area contributed by atoms with Crippen LogP contribution in [0.5, 0.6) is 0 Å². The molecule has 1 amide bonds. The monoisotopic (exact) mass is 311 g/mol. The molecule has 0 aliphatic heterocycles. The molecule has 0 aromatic heterocycles. The summed E-state index contributed by atoms with van der Waals surface area (Å²) in [6, 6.07) is 5.93. The molecule has 0 fully saturated rings. The van der Waals surface area contributed by atoms with Gasteiger partial charge in [0, 0.05) is 16.9 Å². The molecule has 1 rings (SSSR count). The lowest BCUT2D eigenvalue weighted by atomic mass is 10.0. The van der Waals surface area contributed by atoms with E-state index in [-0.39, 0.29) is 5.91 Å². The molecule has 0 heterocycles. The third kappa shape index (κ3) is 4.45. The first-order valence-electron chi connectivity index (χ1n) is 6.40. The Balaban J connectivity index is 2.61. The molecular weight excluding hydrogens is 290 g/mol. The number of hydrogen-bond donors (Lipinski definition) is 1. The van der Waals surface area contributed by atoms with Crippen molar-refractivity contribution in [2.75, 3.05) is 6.54 Å². The molecule has 0 aliphatic rings. The van der Waals surface area contributed by atoms with Gasteiger partial charge in [-0.3, -0.25) is 4.79 Å². The summed E-state index contributed by atoms with van der Waals surface area (Å²) in [6.07, 6.45) is 1.06. The first-order chi connectivity index (χ1) is 8.41. The van der Waals surface area contributed by atoms with Gasteiger partial charge in [-0.25, -0.2) is 0 Å². The molecule has 1 aromatic carbocycles. The minimum Gasteiger partial charge on any atom is -0.351 e. The summed E-state index contributed by atoms with van der Waals surface area (Å²) in [4.78, 5) is 12.5. The molecule has 1 atom stereocenters. The van der Waals surface area contributed by atoms with Gasteiger partial charge in [0.25, 0.3) is 5.91 Å². The van der Waals surface area contributed by atoms with Crippen molar-refractivity contribution in [3.05, 3.63) is 34.9 Å². The average molecular weight is 312 g/mol. The molecule has 18 heavy (non-hydrogen) atoms. The molecule has 0 spiro atoms. The first-order valence-corrected chi connectivity index (χ1v) is 7.32. The predicted octanol–water partition coefficient (Wildman–Crippen LogP) is 3.84. The Labute approximate surface area is 118 Å². The highest BCUT2D eigenvalue weighted by Gasteiger charge is 2.13. The summed E-state index contributed by atoms with van der Waals surface area (Å²) in [7, 11) is 0. The van der Waals surface area contributed by atoms with Crippen LogP contribution in [-0.2, 0) is 0 Å². The van der Waals surface area contributed by atoms with Crippen molar-refractivity contribution in [3.8, 4) is 0 Å². The molecule has 100 valence electrons. The van der Waals surface area contributed by atoms with E-state index in [1.54, 1.807) is 0 Å². The lowest BCUT2D eigenvalue weighted by Crippen LogP contribution is -2.31. The van der Waals surface area contributed by atoms with Crippen LogP contribution in [0.3, 0.4) is 0 Å². The highest BCUT2D eigenvalue weighted by molar-refractivity contribution is 9.09. The van der Waals surface area contributed by atoms with E-state index in [1.165, 1.54) is 0 Å². The fourth-order valence-electron chi connectivity index (χ4n) is 2.06. The fourth-order valence-corrected chi connectivity index (χ4v) is 2.97. The molecule has 0 saturated heterocycles. The number of rotatable bonds is 5. The number of benzene rings is 1. The van der Waals surface area contributed by atoms with E-state index in [4.69, 9.17) is 0 Å². The van der Waals surface area contributed by atoms with E-state index in [2.05, 4.69) is 35.1 Å². The van der Waals surface area contributed by atoms with E-state index in [1.807, 2.05) is 32.0 Å². The normalized spacial score (nSPS) is 12.6. The molecular formula is C15H22BrNO. The van der Waals surface area contributed by atoms with Crippen LogP contribution in [0.2, 0.25) is 0 Å². The molecule has 2 nitrogen and oxygen atoms in total. The third-order valence-corrected chi connectivity index (χ3v) is 3.62. The Morgan fingerprint density at radius 3 is 2.33 bits per heavy atom.